The molecule has 1 amide bonds. The molecule has 0 aliphatic carbocycles. The molecule has 1 saturated heterocycles. The summed E-state index contributed by atoms with van der Waals surface area (Å²) < 4.78 is 0. The van der Waals surface area contributed by atoms with E-state index < -0.39 is 12.1 Å². The van der Waals surface area contributed by atoms with Crippen molar-refractivity contribution in [1.29, 1.82) is 5.26 Å². The van der Waals surface area contributed by atoms with Crippen LogP contribution in [0.5, 0.6) is 0 Å². The molecule has 1 N–H and O–H groups in total. The number of carbonyl (C=O) groups excluding carboxylic acids is 1. The molecule has 1 aliphatic rings. The summed E-state index contributed by atoms with van der Waals surface area (Å²) in [7, 11) is 0. The first-order valence-electron chi connectivity index (χ1n) is 7.41. The Bertz CT molecular complexity index is 784. The van der Waals surface area contributed by atoms with Crippen LogP contribution in [0.1, 0.15) is 21.8 Å². The maximum absolute atomic E-state index is 12.8. The molecule has 122 valence electrons. The third-order valence-electron chi connectivity index (χ3n) is 4.26. The third kappa shape index (κ3) is 2.87. The van der Waals surface area contributed by atoms with Crippen molar-refractivity contribution >= 4 is 29.1 Å². The maximum Gasteiger partial charge on any atom is 0.255 e. The molecule has 24 heavy (non-hydrogen) atoms. The number of aliphatic hydroxyl groups is 1. The van der Waals surface area contributed by atoms with Crippen LogP contribution < -0.4 is 0 Å². The van der Waals surface area contributed by atoms with E-state index in [1.54, 1.807) is 0 Å². The predicted molar refractivity (Wildman–Crippen MR) is 92.1 cm³/mol. The van der Waals surface area contributed by atoms with Gasteiger partial charge in [0.2, 0.25) is 0 Å². The average Bonchev–Trinajstić information content (AvgIpc) is 2.54. The summed E-state index contributed by atoms with van der Waals surface area (Å²) >= 11 is 11.9. The van der Waals surface area contributed by atoms with Gasteiger partial charge in [-0.15, -0.1) is 0 Å². The molecule has 1 aliphatic heterocycles. The fourth-order valence-electron chi connectivity index (χ4n) is 3.19. The molecule has 0 aromatic heterocycles. The summed E-state index contributed by atoms with van der Waals surface area (Å²) in [5.74, 6) is -0.586. The number of hydrogen-bond donors (Lipinski definition) is 1. The van der Waals surface area contributed by atoms with Crippen LogP contribution in [0.25, 0.3) is 0 Å². The van der Waals surface area contributed by atoms with E-state index in [0.717, 1.165) is 5.56 Å². The average molecular weight is 361 g/mol. The van der Waals surface area contributed by atoms with E-state index in [2.05, 4.69) is 6.07 Å². The minimum absolute atomic E-state index is 0.222. The number of rotatable bonds is 3. The van der Waals surface area contributed by atoms with Gasteiger partial charge in [0, 0.05) is 21.5 Å². The number of aliphatic hydroxyl groups excluding tert-OH is 1. The van der Waals surface area contributed by atoms with Crippen LogP contribution in [0.4, 0.5) is 0 Å². The summed E-state index contributed by atoms with van der Waals surface area (Å²) in [6, 6.07) is 15.1. The summed E-state index contributed by atoms with van der Waals surface area (Å²) in [5.41, 5.74) is 1.23. The first-order valence-corrected chi connectivity index (χ1v) is 8.16. The molecule has 1 heterocycles. The normalized spacial score (nSPS) is 22.6. The lowest BCUT2D eigenvalue weighted by Gasteiger charge is -2.51. The van der Waals surface area contributed by atoms with E-state index in [-0.39, 0.29) is 18.4 Å². The lowest BCUT2D eigenvalue weighted by atomic mass is 9.75. The van der Waals surface area contributed by atoms with Crippen LogP contribution in [-0.4, -0.2) is 34.6 Å². The highest BCUT2D eigenvalue weighted by Crippen LogP contribution is 2.41. The molecule has 2 aromatic rings. The number of amides is 1. The topological polar surface area (TPSA) is 64.3 Å². The molecule has 0 saturated carbocycles. The van der Waals surface area contributed by atoms with E-state index in [1.807, 2.05) is 30.3 Å². The molecule has 3 atom stereocenters. The van der Waals surface area contributed by atoms with Gasteiger partial charge in [0.05, 0.1) is 18.7 Å². The first-order chi connectivity index (χ1) is 11.6. The fraction of sp³-hybridized carbons (Fsp3) is 0.222. The Balaban J connectivity index is 1.93. The number of carbonyl (C=O) groups is 1. The fourth-order valence-corrected chi connectivity index (χ4v) is 3.71. The predicted octanol–water partition coefficient (Wildman–Crippen LogP) is 3.49. The second-order valence-electron chi connectivity index (χ2n) is 5.63. The molecule has 4 nitrogen and oxygen atoms in total. The summed E-state index contributed by atoms with van der Waals surface area (Å²) in [4.78, 5) is 14.2. The Morgan fingerprint density at radius 2 is 1.79 bits per heavy atom. The van der Waals surface area contributed by atoms with Crippen LogP contribution in [0.15, 0.2) is 48.5 Å². The summed E-state index contributed by atoms with van der Waals surface area (Å²) in [5, 5.41) is 20.0. The van der Waals surface area contributed by atoms with Gasteiger partial charge in [-0.25, -0.2) is 0 Å². The van der Waals surface area contributed by atoms with Crippen molar-refractivity contribution in [3.63, 3.8) is 0 Å². The van der Waals surface area contributed by atoms with Crippen molar-refractivity contribution < 1.29 is 9.90 Å². The van der Waals surface area contributed by atoms with Crippen molar-refractivity contribution in [3.05, 3.63) is 69.7 Å². The Hall–Kier alpha value is -2.06. The highest BCUT2D eigenvalue weighted by atomic mass is 35.5. The monoisotopic (exact) mass is 360 g/mol. The van der Waals surface area contributed by atoms with Crippen molar-refractivity contribution in [3.8, 4) is 6.07 Å². The zero-order valence-electron chi connectivity index (χ0n) is 12.6. The van der Waals surface area contributed by atoms with Gasteiger partial charge in [-0.05, 0) is 23.8 Å². The molecule has 0 bridgehead atoms. The second-order valence-corrected chi connectivity index (χ2v) is 6.50. The molecule has 6 heteroatoms. The smallest absolute Gasteiger partial charge is 0.255 e. The zero-order chi connectivity index (χ0) is 17.3. The van der Waals surface area contributed by atoms with E-state index in [0.29, 0.717) is 15.6 Å². The van der Waals surface area contributed by atoms with Gasteiger partial charge in [0.25, 0.3) is 5.91 Å². The van der Waals surface area contributed by atoms with Crippen LogP contribution in [0, 0.1) is 11.3 Å². The Morgan fingerprint density at radius 3 is 2.33 bits per heavy atom. The Labute approximate surface area is 149 Å². The highest BCUT2D eigenvalue weighted by Gasteiger charge is 2.51. The summed E-state index contributed by atoms with van der Waals surface area (Å²) in [6.45, 7) is -0.224. The van der Waals surface area contributed by atoms with Gasteiger partial charge in [0.15, 0.2) is 0 Å². The molecule has 0 unspecified atom stereocenters. The SMILES string of the molecule is N#C[C@H]1[C@@H](c2ccccc2)[C@H](CO)N1C(=O)c1cc(Cl)cc(Cl)c1. The Morgan fingerprint density at radius 1 is 1.17 bits per heavy atom. The minimum atomic E-state index is -0.644. The Kier molecular flexibility index (Phi) is 4.77. The molecule has 0 radical (unpaired) electrons. The van der Waals surface area contributed by atoms with Gasteiger partial charge in [-0.1, -0.05) is 53.5 Å². The lowest BCUT2D eigenvalue weighted by molar-refractivity contribution is -0.00585. The number of halogens is 2. The van der Waals surface area contributed by atoms with Crippen molar-refractivity contribution in [2.24, 2.45) is 0 Å². The van der Waals surface area contributed by atoms with Gasteiger partial charge in [-0.2, -0.15) is 5.26 Å². The number of nitrogens with zero attached hydrogens (tertiary/aromatic N) is 2. The second kappa shape index (κ2) is 6.82. The third-order valence-corrected chi connectivity index (χ3v) is 4.70. The molecule has 2 aromatic carbocycles. The molecular formula is C18H14Cl2N2O2. The van der Waals surface area contributed by atoms with Crippen LogP contribution in [0.3, 0.4) is 0 Å². The van der Waals surface area contributed by atoms with E-state index >= 15 is 0 Å². The number of hydrogen-bond acceptors (Lipinski definition) is 3. The van der Waals surface area contributed by atoms with Crippen molar-refractivity contribution in [1.82, 2.24) is 4.90 Å². The number of likely N-dealkylation sites (tertiary alicyclic amines) is 1. The first kappa shape index (κ1) is 16.8. The quantitative estimate of drug-likeness (QED) is 0.910. The molecule has 0 spiro atoms. The maximum atomic E-state index is 12.8. The van der Waals surface area contributed by atoms with Crippen LogP contribution in [-0.2, 0) is 0 Å². The number of benzene rings is 2. The van der Waals surface area contributed by atoms with Crippen molar-refractivity contribution in [2.45, 2.75) is 18.0 Å². The van der Waals surface area contributed by atoms with E-state index in [4.69, 9.17) is 23.2 Å². The largest absolute Gasteiger partial charge is 0.394 e. The van der Waals surface area contributed by atoms with Gasteiger partial charge in [0.1, 0.15) is 6.04 Å². The van der Waals surface area contributed by atoms with Gasteiger partial charge < -0.3 is 10.0 Å². The van der Waals surface area contributed by atoms with Crippen LogP contribution in [0.2, 0.25) is 10.0 Å². The van der Waals surface area contributed by atoms with Gasteiger partial charge in [-0.3, -0.25) is 4.79 Å². The lowest BCUT2D eigenvalue weighted by Crippen LogP contribution is -2.65. The highest BCUT2D eigenvalue weighted by molar-refractivity contribution is 6.35. The molecular weight excluding hydrogens is 347 g/mol. The van der Waals surface area contributed by atoms with Gasteiger partial charge >= 0.3 is 0 Å². The molecule has 3 rings (SSSR count). The zero-order valence-corrected chi connectivity index (χ0v) is 14.1. The van der Waals surface area contributed by atoms with E-state index in [1.165, 1.54) is 23.1 Å². The van der Waals surface area contributed by atoms with Crippen molar-refractivity contribution in [2.75, 3.05) is 6.61 Å². The number of nitriles is 1. The standard InChI is InChI=1S/C18H14Cl2N2O2/c19-13-6-12(7-14(20)8-13)18(24)22-15(9-21)17(16(22)10-23)11-4-2-1-3-5-11/h1-8,15-17,23H,10H2/t15-,16-,17+/m0/s1. The molecule has 1 fully saturated rings. The van der Waals surface area contributed by atoms with Crippen LogP contribution >= 0.6 is 23.2 Å². The minimum Gasteiger partial charge on any atom is -0.394 e. The van der Waals surface area contributed by atoms with E-state index in [9.17, 15) is 15.2 Å². The summed E-state index contributed by atoms with van der Waals surface area (Å²) in [6.07, 6.45) is 0.